The highest BCUT2D eigenvalue weighted by molar-refractivity contribution is 8.00. The molecular formula is C19H21N3O3S2. The first-order chi connectivity index (χ1) is 13.0. The van der Waals surface area contributed by atoms with Gasteiger partial charge in [-0.05, 0) is 31.5 Å². The number of nitrogens with zero attached hydrogens (tertiary/aromatic N) is 3. The predicted molar refractivity (Wildman–Crippen MR) is 107 cm³/mol. The summed E-state index contributed by atoms with van der Waals surface area (Å²) in [6.45, 7) is 4.75. The highest BCUT2D eigenvalue weighted by Crippen LogP contribution is 2.26. The van der Waals surface area contributed by atoms with Crippen molar-refractivity contribution in [3.63, 3.8) is 0 Å². The third-order valence-electron chi connectivity index (χ3n) is 3.95. The average Bonchev–Trinajstić information content (AvgIpc) is 3.05. The van der Waals surface area contributed by atoms with E-state index >= 15 is 0 Å². The second-order valence-electron chi connectivity index (χ2n) is 5.87. The van der Waals surface area contributed by atoms with Crippen molar-refractivity contribution in [2.45, 2.75) is 25.5 Å². The Hall–Kier alpha value is -2.32. The molecule has 8 heteroatoms. The zero-order chi connectivity index (χ0) is 19.3. The van der Waals surface area contributed by atoms with Crippen molar-refractivity contribution in [3.05, 3.63) is 60.2 Å². The largest absolute Gasteiger partial charge is 0.382 e. The SMILES string of the molecule is CCn1c(SCCS(=O)(=O)Oc2ccccc2)nnc1-c1ccccc1C. The first-order valence-electron chi connectivity index (χ1n) is 8.59. The van der Waals surface area contributed by atoms with Crippen molar-refractivity contribution in [1.82, 2.24) is 14.8 Å². The van der Waals surface area contributed by atoms with Gasteiger partial charge in [0.15, 0.2) is 11.0 Å². The standard InChI is InChI=1S/C19H21N3O3S2/c1-3-22-18(17-12-8-7-9-15(17)2)20-21-19(22)26-13-14-27(23,24)25-16-10-5-4-6-11-16/h4-12H,3,13-14H2,1-2H3. The monoisotopic (exact) mass is 403 g/mol. The molecule has 0 aliphatic carbocycles. The number of hydrogen-bond acceptors (Lipinski definition) is 6. The fourth-order valence-electron chi connectivity index (χ4n) is 2.60. The molecule has 3 rings (SSSR count). The van der Waals surface area contributed by atoms with Gasteiger partial charge in [-0.25, -0.2) is 0 Å². The number of thioether (sulfide) groups is 1. The molecule has 0 spiro atoms. The van der Waals surface area contributed by atoms with Gasteiger partial charge in [0.05, 0.1) is 5.75 Å². The van der Waals surface area contributed by atoms with Crippen molar-refractivity contribution in [3.8, 4) is 17.1 Å². The van der Waals surface area contributed by atoms with E-state index < -0.39 is 10.1 Å². The van der Waals surface area contributed by atoms with Crippen molar-refractivity contribution in [1.29, 1.82) is 0 Å². The Morgan fingerprint density at radius 1 is 1.04 bits per heavy atom. The van der Waals surface area contributed by atoms with Crippen LogP contribution >= 0.6 is 11.8 Å². The first kappa shape index (κ1) is 19.4. The van der Waals surface area contributed by atoms with Gasteiger partial charge in [-0.1, -0.05) is 54.2 Å². The van der Waals surface area contributed by atoms with Crippen LogP contribution in [0.2, 0.25) is 0 Å². The molecule has 0 atom stereocenters. The first-order valence-corrected chi connectivity index (χ1v) is 11.2. The van der Waals surface area contributed by atoms with E-state index in [1.807, 2.05) is 42.7 Å². The summed E-state index contributed by atoms with van der Waals surface area (Å²) in [6.07, 6.45) is 0. The van der Waals surface area contributed by atoms with E-state index in [0.717, 1.165) is 17.0 Å². The zero-order valence-corrected chi connectivity index (χ0v) is 16.8. The molecule has 0 aliphatic rings. The molecule has 0 bridgehead atoms. The van der Waals surface area contributed by atoms with Crippen LogP contribution in [0.1, 0.15) is 12.5 Å². The molecule has 6 nitrogen and oxygen atoms in total. The molecule has 27 heavy (non-hydrogen) atoms. The average molecular weight is 404 g/mol. The van der Waals surface area contributed by atoms with Gasteiger partial charge in [-0.3, -0.25) is 0 Å². The summed E-state index contributed by atoms with van der Waals surface area (Å²) in [5.74, 6) is 1.34. The van der Waals surface area contributed by atoms with Crippen LogP contribution in [-0.2, 0) is 16.7 Å². The Morgan fingerprint density at radius 2 is 1.74 bits per heavy atom. The van der Waals surface area contributed by atoms with Crippen LogP contribution in [0.4, 0.5) is 0 Å². The third-order valence-corrected chi connectivity index (χ3v) is 6.33. The normalized spacial score (nSPS) is 11.5. The summed E-state index contributed by atoms with van der Waals surface area (Å²) in [7, 11) is -3.65. The maximum atomic E-state index is 12.1. The summed E-state index contributed by atoms with van der Waals surface area (Å²) in [5.41, 5.74) is 2.15. The fourth-order valence-corrected chi connectivity index (χ4v) is 4.89. The predicted octanol–water partition coefficient (Wildman–Crippen LogP) is 3.77. The maximum Gasteiger partial charge on any atom is 0.310 e. The van der Waals surface area contributed by atoms with E-state index in [-0.39, 0.29) is 5.75 Å². The summed E-state index contributed by atoms with van der Waals surface area (Å²) >= 11 is 1.36. The van der Waals surface area contributed by atoms with Crippen molar-refractivity contribution < 1.29 is 12.6 Å². The summed E-state index contributed by atoms with van der Waals surface area (Å²) < 4.78 is 31.4. The number of hydrogen-bond donors (Lipinski definition) is 0. The van der Waals surface area contributed by atoms with Gasteiger partial charge in [0.2, 0.25) is 0 Å². The lowest BCUT2D eigenvalue weighted by atomic mass is 10.1. The number of para-hydroxylation sites is 1. The maximum absolute atomic E-state index is 12.1. The van der Waals surface area contributed by atoms with Crippen molar-refractivity contribution >= 4 is 21.9 Å². The lowest BCUT2D eigenvalue weighted by molar-refractivity contribution is 0.488. The lowest BCUT2D eigenvalue weighted by Crippen LogP contribution is -2.15. The molecule has 0 saturated heterocycles. The highest BCUT2D eigenvalue weighted by Gasteiger charge is 2.17. The lowest BCUT2D eigenvalue weighted by Gasteiger charge is -2.09. The van der Waals surface area contributed by atoms with E-state index in [0.29, 0.717) is 23.2 Å². The minimum Gasteiger partial charge on any atom is -0.382 e. The Bertz CT molecular complexity index is 1000. The smallest absolute Gasteiger partial charge is 0.310 e. The van der Waals surface area contributed by atoms with E-state index in [1.54, 1.807) is 30.3 Å². The summed E-state index contributed by atoms with van der Waals surface area (Å²) in [6, 6.07) is 16.5. The van der Waals surface area contributed by atoms with Crippen molar-refractivity contribution in [2.75, 3.05) is 11.5 Å². The molecule has 1 aromatic heterocycles. The highest BCUT2D eigenvalue weighted by atomic mass is 32.2. The van der Waals surface area contributed by atoms with E-state index in [4.69, 9.17) is 4.18 Å². The molecule has 3 aromatic rings. The van der Waals surface area contributed by atoms with Crippen LogP contribution in [0.3, 0.4) is 0 Å². The quantitative estimate of drug-likeness (QED) is 0.421. The van der Waals surface area contributed by atoms with Gasteiger partial charge in [-0.15, -0.1) is 10.2 Å². The van der Waals surface area contributed by atoms with Crippen LogP contribution < -0.4 is 4.18 Å². The number of benzene rings is 2. The number of aryl methyl sites for hydroxylation is 1. The molecule has 0 unspecified atom stereocenters. The molecule has 142 valence electrons. The number of aromatic nitrogens is 3. The van der Waals surface area contributed by atoms with Gasteiger partial charge >= 0.3 is 10.1 Å². The molecule has 2 aromatic carbocycles. The van der Waals surface area contributed by atoms with Crippen LogP contribution in [0.15, 0.2) is 59.8 Å². The van der Waals surface area contributed by atoms with Gasteiger partial charge in [-0.2, -0.15) is 8.42 Å². The topological polar surface area (TPSA) is 74.1 Å². The summed E-state index contributed by atoms with van der Waals surface area (Å²) in [4.78, 5) is 0. The Morgan fingerprint density at radius 3 is 2.44 bits per heavy atom. The Kier molecular flexibility index (Phi) is 6.18. The number of rotatable bonds is 8. The van der Waals surface area contributed by atoms with Crippen molar-refractivity contribution in [2.24, 2.45) is 0 Å². The zero-order valence-electron chi connectivity index (χ0n) is 15.2. The second-order valence-corrected chi connectivity index (χ2v) is 8.62. The van der Waals surface area contributed by atoms with Gasteiger partial charge in [0.1, 0.15) is 5.75 Å². The minimum atomic E-state index is -3.65. The summed E-state index contributed by atoms with van der Waals surface area (Å²) in [5, 5.41) is 9.26. The van der Waals surface area contributed by atoms with Gasteiger partial charge in [0, 0.05) is 17.9 Å². The molecule has 1 heterocycles. The molecule has 0 N–H and O–H groups in total. The molecular weight excluding hydrogens is 382 g/mol. The van der Waals surface area contributed by atoms with Crippen LogP contribution in [0.25, 0.3) is 11.4 Å². The molecule has 0 amide bonds. The van der Waals surface area contributed by atoms with E-state index in [1.165, 1.54) is 11.8 Å². The molecule has 0 saturated carbocycles. The van der Waals surface area contributed by atoms with Crippen LogP contribution in [0.5, 0.6) is 5.75 Å². The molecule has 0 fully saturated rings. The minimum absolute atomic E-state index is 0.108. The third kappa shape index (κ3) is 4.90. The second kappa shape index (κ2) is 8.58. The van der Waals surface area contributed by atoms with Gasteiger partial charge in [0.25, 0.3) is 0 Å². The Balaban J connectivity index is 1.67. The fraction of sp³-hybridized carbons (Fsp3) is 0.263. The Labute approximate surface area is 163 Å². The molecule has 0 radical (unpaired) electrons. The van der Waals surface area contributed by atoms with Crippen LogP contribution in [-0.4, -0.2) is 34.7 Å². The molecule has 0 aliphatic heterocycles. The van der Waals surface area contributed by atoms with Gasteiger partial charge < -0.3 is 8.75 Å². The van der Waals surface area contributed by atoms with Crippen LogP contribution in [0, 0.1) is 6.92 Å². The van der Waals surface area contributed by atoms with E-state index in [2.05, 4.69) is 10.2 Å². The van der Waals surface area contributed by atoms with E-state index in [9.17, 15) is 8.42 Å².